The summed E-state index contributed by atoms with van der Waals surface area (Å²) in [6.07, 6.45) is 5.45. The van der Waals surface area contributed by atoms with Gasteiger partial charge in [-0.15, -0.1) is 0 Å². The first-order valence-corrected chi connectivity index (χ1v) is 6.23. The molecule has 0 aliphatic heterocycles. The van der Waals surface area contributed by atoms with E-state index in [1.54, 1.807) is 7.11 Å². The molecule has 0 aromatic rings. The van der Waals surface area contributed by atoms with E-state index >= 15 is 0 Å². The van der Waals surface area contributed by atoms with Gasteiger partial charge in [0.2, 0.25) is 5.91 Å². The van der Waals surface area contributed by atoms with E-state index < -0.39 is 6.10 Å². The Kier molecular flexibility index (Phi) is 3.82. The quantitative estimate of drug-likeness (QED) is 0.748. The van der Waals surface area contributed by atoms with Gasteiger partial charge in [0.05, 0.1) is 12.1 Å². The lowest BCUT2D eigenvalue weighted by Gasteiger charge is -2.30. The zero-order chi connectivity index (χ0) is 11.5. The molecule has 2 rings (SSSR count). The van der Waals surface area contributed by atoms with Crippen molar-refractivity contribution in [2.75, 3.05) is 7.11 Å². The highest BCUT2D eigenvalue weighted by molar-refractivity contribution is 5.81. The highest BCUT2D eigenvalue weighted by atomic mass is 16.5. The minimum Gasteiger partial charge on any atom is -0.383 e. The summed E-state index contributed by atoms with van der Waals surface area (Å²) in [5, 5.41) is 12.7. The Balaban J connectivity index is 1.81. The average molecular weight is 227 g/mol. The molecule has 0 bridgehead atoms. The maximum atomic E-state index is 11.8. The third-order valence-corrected chi connectivity index (χ3v) is 3.95. The van der Waals surface area contributed by atoms with Crippen LogP contribution in [0.25, 0.3) is 0 Å². The predicted molar refractivity (Wildman–Crippen MR) is 59.9 cm³/mol. The molecule has 4 heteroatoms. The van der Waals surface area contributed by atoms with Crippen molar-refractivity contribution in [2.24, 2.45) is 5.92 Å². The standard InChI is InChI=1S/C12H21NO3/c1-16-10-7-3-6-9(10)13-12(15)11(14)8-4-2-5-8/h8-11,14H,2-7H2,1H3,(H,13,15)/t9-,10-,11?/m1/s1. The van der Waals surface area contributed by atoms with Crippen LogP contribution < -0.4 is 5.32 Å². The molecule has 2 fully saturated rings. The van der Waals surface area contributed by atoms with Gasteiger partial charge in [-0.05, 0) is 38.0 Å². The summed E-state index contributed by atoms with van der Waals surface area (Å²) in [6.45, 7) is 0. The molecule has 0 aromatic heterocycles. The van der Waals surface area contributed by atoms with Crippen LogP contribution in [0.1, 0.15) is 38.5 Å². The normalized spacial score (nSPS) is 32.1. The Morgan fingerprint density at radius 1 is 1.31 bits per heavy atom. The molecule has 16 heavy (non-hydrogen) atoms. The summed E-state index contributed by atoms with van der Waals surface area (Å²) >= 11 is 0. The summed E-state index contributed by atoms with van der Waals surface area (Å²) < 4.78 is 5.31. The molecular formula is C12H21NO3. The van der Waals surface area contributed by atoms with Gasteiger partial charge in [0.15, 0.2) is 0 Å². The summed E-state index contributed by atoms with van der Waals surface area (Å²) in [5.74, 6) is -0.0268. The van der Waals surface area contributed by atoms with Gasteiger partial charge in [-0.25, -0.2) is 0 Å². The molecular weight excluding hydrogens is 206 g/mol. The van der Waals surface area contributed by atoms with E-state index in [0.717, 1.165) is 38.5 Å². The molecule has 1 unspecified atom stereocenters. The molecule has 0 aromatic carbocycles. The Morgan fingerprint density at radius 2 is 2.00 bits per heavy atom. The van der Waals surface area contributed by atoms with Crippen molar-refractivity contribution in [1.82, 2.24) is 5.32 Å². The third kappa shape index (κ3) is 2.38. The van der Waals surface area contributed by atoms with Gasteiger partial charge in [-0.2, -0.15) is 0 Å². The number of hydrogen-bond donors (Lipinski definition) is 2. The van der Waals surface area contributed by atoms with Gasteiger partial charge in [-0.3, -0.25) is 4.79 Å². The number of carbonyl (C=O) groups is 1. The number of aliphatic hydroxyl groups excluding tert-OH is 1. The number of nitrogens with one attached hydrogen (secondary N) is 1. The topological polar surface area (TPSA) is 58.6 Å². The van der Waals surface area contributed by atoms with Crippen LogP contribution in [0.3, 0.4) is 0 Å². The molecule has 92 valence electrons. The Labute approximate surface area is 96.4 Å². The van der Waals surface area contributed by atoms with Crippen LogP contribution in [0.4, 0.5) is 0 Å². The number of methoxy groups -OCH3 is 1. The van der Waals surface area contributed by atoms with E-state index in [2.05, 4.69) is 5.32 Å². The van der Waals surface area contributed by atoms with Gasteiger partial charge >= 0.3 is 0 Å². The molecule has 3 atom stereocenters. The highest BCUT2D eigenvalue weighted by Gasteiger charge is 2.34. The molecule has 0 saturated heterocycles. The van der Waals surface area contributed by atoms with Crippen molar-refractivity contribution >= 4 is 5.91 Å². The predicted octanol–water partition coefficient (Wildman–Crippen LogP) is 0.831. The van der Waals surface area contributed by atoms with Crippen molar-refractivity contribution in [3.05, 3.63) is 0 Å². The van der Waals surface area contributed by atoms with E-state index in [9.17, 15) is 9.90 Å². The smallest absolute Gasteiger partial charge is 0.249 e. The first-order chi connectivity index (χ1) is 7.72. The van der Waals surface area contributed by atoms with Gasteiger partial charge in [-0.1, -0.05) is 6.42 Å². The molecule has 4 nitrogen and oxygen atoms in total. The fraction of sp³-hybridized carbons (Fsp3) is 0.917. The molecule has 0 heterocycles. The number of amides is 1. The molecule has 2 N–H and O–H groups in total. The zero-order valence-electron chi connectivity index (χ0n) is 9.82. The number of rotatable bonds is 4. The minimum atomic E-state index is -0.813. The SMILES string of the molecule is CO[C@@H]1CCC[C@H]1NC(=O)C(O)C1CCC1. The van der Waals surface area contributed by atoms with Crippen LogP contribution in [0.15, 0.2) is 0 Å². The van der Waals surface area contributed by atoms with E-state index in [4.69, 9.17) is 4.74 Å². The highest BCUT2D eigenvalue weighted by Crippen LogP contribution is 2.30. The fourth-order valence-electron chi connectivity index (χ4n) is 2.61. The maximum Gasteiger partial charge on any atom is 0.249 e. The number of hydrogen-bond acceptors (Lipinski definition) is 3. The van der Waals surface area contributed by atoms with E-state index in [-0.39, 0.29) is 24.0 Å². The molecule has 0 spiro atoms. The summed E-state index contributed by atoms with van der Waals surface area (Å²) in [6, 6.07) is 0.0900. The van der Waals surface area contributed by atoms with Crippen molar-refractivity contribution in [2.45, 2.75) is 56.8 Å². The summed E-state index contributed by atoms with van der Waals surface area (Å²) in [7, 11) is 1.68. The van der Waals surface area contributed by atoms with Gasteiger partial charge in [0.25, 0.3) is 0 Å². The number of carbonyl (C=O) groups excluding carboxylic acids is 1. The lowest BCUT2D eigenvalue weighted by molar-refractivity contribution is -0.135. The van der Waals surface area contributed by atoms with Gasteiger partial charge in [0, 0.05) is 7.11 Å². The Hall–Kier alpha value is -0.610. The average Bonchev–Trinajstić information content (AvgIpc) is 2.62. The Morgan fingerprint density at radius 3 is 2.56 bits per heavy atom. The number of aliphatic hydroxyl groups is 1. The van der Waals surface area contributed by atoms with Crippen LogP contribution >= 0.6 is 0 Å². The summed E-state index contributed by atoms with van der Waals surface area (Å²) in [5.41, 5.74) is 0. The van der Waals surface area contributed by atoms with Crippen LogP contribution in [-0.4, -0.2) is 36.4 Å². The molecule has 2 aliphatic carbocycles. The maximum absolute atomic E-state index is 11.8. The largest absolute Gasteiger partial charge is 0.383 e. The molecule has 0 radical (unpaired) electrons. The number of ether oxygens (including phenoxy) is 1. The van der Waals surface area contributed by atoms with Crippen LogP contribution in [0.2, 0.25) is 0 Å². The van der Waals surface area contributed by atoms with Crippen molar-refractivity contribution in [1.29, 1.82) is 0 Å². The lowest BCUT2D eigenvalue weighted by atomic mass is 9.81. The van der Waals surface area contributed by atoms with E-state index in [1.165, 1.54) is 0 Å². The van der Waals surface area contributed by atoms with E-state index in [1.807, 2.05) is 0 Å². The Bertz CT molecular complexity index is 253. The van der Waals surface area contributed by atoms with Crippen LogP contribution in [0.5, 0.6) is 0 Å². The lowest BCUT2D eigenvalue weighted by Crippen LogP contribution is -2.48. The second kappa shape index (κ2) is 5.15. The first kappa shape index (κ1) is 11.9. The molecule has 1 amide bonds. The minimum absolute atomic E-state index is 0.0900. The monoisotopic (exact) mass is 227 g/mol. The molecule has 2 saturated carbocycles. The van der Waals surface area contributed by atoms with Gasteiger partial charge in [0.1, 0.15) is 6.10 Å². The molecule has 2 aliphatic rings. The third-order valence-electron chi connectivity index (χ3n) is 3.95. The zero-order valence-corrected chi connectivity index (χ0v) is 9.82. The van der Waals surface area contributed by atoms with Gasteiger partial charge < -0.3 is 15.2 Å². The van der Waals surface area contributed by atoms with Crippen LogP contribution in [-0.2, 0) is 9.53 Å². The van der Waals surface area contributed by atoms with Crippen molar-refractivity contribution < 1.29 is 14.6 Å². The van der Waals surface area contributed by atoms with Crippen molar-refractivity contribution in [3.8, 4) is 0 Å². The summed E-state index contributed by atoms with van der Waals surface area (Å²) in [4.78, 5) is 11.8. The van der Waals surface area contributed by atoms with Crippen molar-refractivity contribution in [3.63, 3.8) is 0 Å². The van der Waals surface area contributed by atoms with Crippen LogP contribution in [0, 0.1) is 5.92 Å². The second-order valence-electron chi connectivity index (χ2n) is 4.96. The second-order valence-corrected chi connectivity index (χ2v) is 4.96. The first-order valence-electron chi connectivity index (χ1n) is 6.23. The van der Waals surface area contributed by atoms with E-state index in [0.29, 0.717) is 0 Å². The fourth-order valence-corrected chi connectivity index (χ4v) is 2.61.